The lowest BCUT2D eigenvalue weighted by molar-refractivity contribution is 0.0761. The second-order valence-electron chi connectivity index (χ2n) is 3.37. The molecule has 0 saturated carbocycles. The molecule has 0 bridgehead atoms. The van der Waals surface area contributed by atoms with Crippen molar-refractivity contribution in [2.24, 2.45) is 0 Å². The molecule has 0 aromatic carbocycles. The largest absolute Gasteiger partial charge is 0.372 e. The molecule has 0 saturated heterocycles. The van der Waals surface area contributed by atoms with E-state index < -0.39 is 0 Å². The Morgan fingerprint density at radius 2 is 2.47 bits per heavy atom. The summed E-state index contributed by atoms with van der Waals surface area (Å²) in [6, 6.07) is 0. The van der Waals surface area contributed by atoms with E-state index in [1.807, 2.05) is 13.8 Å². The number of hydrogen-bond acceptors (Lipinski definition) is 6. The van der Waals surface area contributed by atoms with Crippen molar-refractivity contribution in [2.75, 3.05) is 6.61 Å². The summed E-state index contributed by atoms with van der Waals surface area (Å²) in [4.78, 5) is 4.54. The van der Waals surface area contributed by atoms with Crippen LogP contribution in [-0.4, -0.2) is 27.0 Å². The Balaban J connectivity index is 1.89. The highest BCUT2D eigenvalue weighted by molar-refractivity contribution is 7.98. The average molecular weight is 270 g/mol. The first-order valence-electron chi connectivity index (χ1n) is 5.34. The third-order valence-electron chi connectivity index (χ3n) is 2.09. The molecule has 17 heavy (non-hydrogen) atoms. The molecule has 2 aromatic rings. The molecule has 0 aliphatic heterocycles. The number of thiazole rings is 1. The summed E-state index contributed by atoms with van der Waals surface area (Å²) in [5, 5.41) is 14.3. The molecule has 5 nitrogen and oxygen atoms in total. The van der Waals surface area contributed by atoms with Gasteiger partial charge < -0.3 is 4.74 Å². The zero-order valence-electron chi connectivity index (χ0n) is 9.71. The number of rotatable bonds is 6. The van der Waals surface area contributed by atoms with Gasteiger partial charge in [0.15, 0.2) is 0 Å². The second-order valence-corrected chi connectivity index (χ2v) is 5.26. The van der Waals surface area contributed by atoms with Gasteiger partial charge in [0.05, 0.1) is 11.9 Å². The molecular formula is C10H14N4OS2. The van der Waals surface area contributed by atoms with Crippen molar-refractivity contribution < 1.29 is 4.74 Å². The molecule has 0 unspecified atom stereocenters. The summed E-state index contributed by atoms with van der Waals surface area (Å²) in [5.41, 5.74) is 1.06. The molecule has 92 valence electrons. The van der Waals surface area contributed by atoms with Crippen LogP contribution >= 0.6 is 23.1 Å². The first kappa shape index (κ1) is 12.5. The highest BCUT2D eigenvalue weighted by atomic mass is 32.2. The smallest absolute Gasteiger partial charge is 0.139 e. The molecule has 0 aliphatic carbocycles. The average Bonchev–Trinajstić information content (AvgIpc) is 2.98. The molecule has 0 amide bonds. The molecule has 1 atom stereocenters. The van der Waals surface area contributed by atoms with E-state index in [1.54, 1.807) is 29.3 Å². The number of aromatic amines is 1. The fraction of sp³-hybridized carbons (Fsp3) is 0.500. The summed E-state index contributed by atoms with van der Waals surface area (Å²) in [5.74, 6) is 0.807. The highest BCUT2D eigenvalue weighted by Crippen LogP contribution is 2.25. The lowest BCUT2D eigenvalue weighted by Gasteiger charge is -2.06. The molecule has 2 aromatic heterocycles. The standard InChI is InChI=1S/C10H14N4OS2/c1-3-15-7(2)10-12-8(6-17-10)5-16-9-4-11-14-13-9/h4,6-7H,3,5H2,1-2H3,(H,11,13,14)/t7-/m0/s1. The zero-order valence-corrected chi connectivity index (χ0v) is 11.3. The maximum atomic E-state index is 5.51. The van der Waals surface area contributed by atoms with E-state index in [0.29, 0.717) is 6.61 Å². The van der Waals surface area contributed by atoms with E-state index in [1.165, 1.54) is 0 Å². The van der Waals surface area contributed by atoms with E-state index in [0.717, 1.165) is 21.5 Å². The van der Waals surface area contributed by atoms with Gasteiger partial charge in [-0.1, -0.05) is 11.8 Å². The quantitative estimate of drug-likeness (QED) is 0.818. The molecule has 0 spiro atoms. The molecule has 0 aliphatic rings. The van der Waals surface area contributed by atoms with Crippen LogP contribution in [0.5, 0.6) is 0 Å². The van der Waals surface area contributed by atoms with Crippen molar-refractivity contribution in [3.63, 3.8) is 0 Å². The van der Waals surface area contributed by atoms with E-state index in [2.05, 4.69) is 25.8 Å². The summed E-state index contributed by atoms with van der Waals surface area (Å²) in [6.07, 6.45) is 1.79. The van der Waals surface area contributed by atoms with Crippen molar-refractivity contribution in [3.05, 3.63) is 22.3 Å². The van der Waals surface area contributed by atoms with Crippen LogP contribution in [0.4, 0.5) is 0 Å². The Kier molecular flexibility index (Phi) is 4.52. The lowest BCUT2D eigenvalue weighted by Crippen LogP contribution is -1.98. The third kappa shape index (κ3) is 3.52. The minimum absolute atomic E-state index is 0.0794. The van der Waals surface area contributed by atoms with Crippen molar-refractivity contribution >= 4 is 23.1 Å². The van der Waals surface area contributed by atoms with E-state index >= 15 is 0 Å². The zero-order chi connectivity index (χ0) is 12.1. The fourth-order valence-corrected chi connectivity index (χ4v) is 2.91. The van der Waals surface area contributed by atoms with Gasteiger partial charge in [0.2, 0.25) is 0 Å². The minimum Gasteiger partial charge on any atom is -0.372 e. The van der Waals surface area contributed by atoms with Gasteiger partial charge in [-0.15, -0.1) is 16.4 Å². The summed E-state index contributed by atoms with van der Waals surface area (Å²) in [7, 11) is 0. The van der Waals surface area contributed by atoms with Crippen LogP contribution in [0.3, 0.4) is 0 Å². The van der Waals surface area contributed by atoms with E-state index in [-0.39, 0.29) is 6.10 Å². The van der Waals surface area contributed by atoms with Crippen molar-refractivity contribution in [1.82, 2.24) is 20.4 Å². The van der Waals surface area contributed by atoms with Crippen LogP contribution in [-0.2, 0) is 10.5 Å². The first-order valence-corrected chi connectivity index (χ1v) is 7.20. The maximum absolute atomic E-state index is 5.51. The van der Waals surface area contributed by atoms with Crippen LogP contribution in [0.25, 0.3) is 0 Å². The normalized spacial score (nSPS) is 12.8. The molecular weight excluding hydrogens is 256 g/mol. The van der Waals surface area contributed by atoms with Gasteiger partial charge in [-0.25, -0.2) is 4.98 Å². The maximum Gasteiger partial charge on any atom is 0.139 e. The highest BCUT2D eigenvalue weighted by Gasteiger charge is 2.10. The molecule has 2 rings (SSSR count). The third-order valence-corrected chi connectivity index (χ3v) is 4.08. The number of ether oxygens (including phenoxy) is 1. The monoisotopic (exact) mass is 270 g/mol. The summed E-state index contributed by atoms with van der Waals surface area (Å²) < 4.78 is 5.51. The molecule has 2 heterocycles. The van der Waals surface area contributed by atoms with Gasteiger partial charge >= 0.3 is 0 Å². The van der Waals surface area contributed by atoms with Gasteiger partial charge in [0.25, 0.3) is 0 Å². The number of H-pyrrole nitrogens is 1. The van der Waals surface area contributed by atoms with Crippen LogP contribution in [0.2, 0.25) is 0 Å². The van der Waals surface area contributed by atoms with E-state index in [4.69, 9.17) is 4.74 Å². The van der Waals surface area contributed by atoms with Crippen LogP contribution in [0.15, 0.2) is 16.6 Å². The number of nitrogens with one attached hydrogen (secondary N) is 1. The van der Waals surface area contributed by atoms with Gasteiger partial charge in [0.1, 0.15) is 16.1 Å². The SMILES string of the molecule is CCO[C@@H](C)c1nc(CSc2cn[nH]n2)cs1. The lowest BCUT2D eigenvalue weighted by atomic mass is 10.4. The van der Waals surface area contributed by atoms with Gasteiger partial charge in [-0.2, -0.15) is 10.3 Å². The van der Waals surface area contributed by atoms with E-state index in [9.17, 15) is 0 Å². The first-order chi connectivity index (χ1) is 8.29. The topological polar surface area (TPSA) is 63.7 Å². The number of thioether (sulfide) groups is 1. The van der Waals surface area contributed by atoms with Gasteiger partial charge in [-0.05, 0) is 13.8 Å². The number of nitrogens with zero attached hydrogens (tertiary/aromatic N) is 3. The Morgan fingerprint density at radius 1 is 1.59 bits per heavy atom. The Hall–Kier alpha value is -0.920. The van der Waals surface area contributed by atoms with Crippen molar-refractivity contribution in [3.8, 4) is 0 Å². The van der Waals surface area contributed by atoms with Crippen LogP contribution in [0, 0.1) is 0 Å². The second kappa shape index (κ2) is 6.13. The molecule has 0 fully saturated rings. The number of hydrogen-bond donors (Lipinski definition) is 1. The predicted molar refractivity (Wildman–Crippen MR) is 68.1 cm³/mol. The van der Waals surface area contributed by atoms with Gasteiger partial charge in [0, 0.05) is 17.7 Å². The molecule has 0 radical (unpaired) electrons. The Bertz CT molecular complexity index is 443. The van der Waals surface area contributed by atoms with Crippen LogP contribution < -0.4 is 0 Å². The number of aromatic nitrogens is 4. The van der Waals surface area contributed by atoms with Crippen molar-refractivity contribution in [2.45, 2.75) is 30.7 Å². The summed E-state index contributed by atoms with van der Waals surface area (Å²) >= 11 is 3.26. The predicted octanol–water partition coefficient (Wildman–Crippen LogP) is 2.65. The fourth-order valence-electron chi connectivity index (χ4n) is 1.31. The Morgan fingerprint density at radius 3 is 3.18 bits per heavy atom. The molecule has 1 N–H and O–H groups in total. The Labute approximate surface area is 108 Å². The van der Waals surface area contributed by atoms with Crippen LogP contribution in [0.1, 0.15) is 30.7 Å². The van der Waals surface area contributed by atoms with Gasteiger partial charge in [-0.3, -0.25) is 0 Å². The summed E-state index contributed by atoms with van der Waals surface area (Å²) in [6.45, 7) is 4.73. The molecule has 7 heteroatoms. The van der Waals surface area contributed by atoms with Crippen molar-refractivity contribution in [1.29, 1.82) is 0 Å². The minimum atomic E-state index is 0.0794.